The zero-order valence-electron chi connectivity index (χ0n) is 16.8. The van der Waals surface area contributed by atoms with E-state index in [4.69, 9.17) is 16.3 Å². The molecule has 2 aliphatic rings. The Morgan fingerprint density at radius 2 is 1.87 bits per heavy atom. The van der Waals surface area contributed by atoms with Crippen LogP contribution in [0.2, 0.25) is 5.02 Å². The smallest absolute Gasteiger partial charge is 0.264 e. The van der Waals surface area contributed by atoms with E-state index in [1.807, 2.05) is 11.0 Å². The SMILES string of the molecule is CN(c1ccccc1)S(=O)(=O)c1ccc(Cl)c(C(=O)N2CCOC3CCCCC32)c1. The van der Waals surface area contributed by atoms with Gasteiger partial charge in [-0.3, -0.25) is 9.10 Å². The molecule has 1 heterocycles. The molecule has 0 bridgehead atoms. The first-order valence-electron chi connectivity index (χ1n) is 10.2. The Morgan fingerprint density at radius 1 is 1.13 bits per heavy atom. The molecule has 1 aliphatic heterocycles. The Hall–Kier alpha value is -2.09. The van der Waals surface area contributed by atoms with Gasteiger partial charge in [-0.25, -0.2) is 8.42 Å². The van der Waals surface area contributed by atoms with Gasteiger partial charge in [-0.15, -0.1) is 0 Å². The number of para-hydroxylation sites is 1. The van der Waals surface area contributed by atoms with Crippen LogP contribution >= 0.6 is 11.6 Å². The first-order valence-corrected chi connectivity index (χ1v) is 12.0. The summed E-state index contributed by atoms with van der Waals surface area (Å²) in [5, 5.41) is 0.250. The average molecular weight is 449 g/mol. The van der Waals surface area contributed by atoms with E-state index >= 15 is 0 Å². The Bertz CT molecular complexity index is 1030. The minimum atomic E-state index is -3.84. The number of fused-ring (bicyclic) bond motifs is 1. The maximum atomic E-state index is 13.4. The summed E-state index contributed by atoms with van der Waals surface area (Å²) in [6.45, 7) is 0.969. The van der Waals surface area contributed by atoms with E-state index < -0.39 is 10.0 Å². The number of halogens is 1. The number of rotatable bonds is 4. The Kier molecular flexibility index (Phi) is 6.04. The van der Waals surface area contributed by atoms with Crippen LogP contribution in [0.3, 0.4) is 0 Å². The molecule has 160 valence electrons. The standard InChI is InChI=1S/C22H25ClN2O4S/c1-24(16-7-3-2-4-8-16)30(27,28)17-11-12-19(23)18(15-17)22(26)25-13-14-29-21-10-6-5-9-20(21)25/h2-4,7-8,11-12,15,20-21H,5-6,9-10,13-14H2,1H3. The van der Waals surface area contributed by atoms with Gasteiger partial charge in [-0.2, -0.15) is 0 Å². The van der Waals surface area contributed by atoms with Crippen LogP contribution in [-0.4, -0.2) is 51.6 Å². The highest BCUT2D eigenvalue weighted by Gasteiger charge is 2.37. The third kappa shape index (κ3) is 3.94. The van der Waals surface area contributed by atoms with Crippen molar-refractivity contribution in [2.75, 3.05) is 24.5 Å². The lowest BCUT2D eigenvalue weighted by Crippen LogP contribution is -2.54. The normalized spacial score (nSPS) is 21.7. The molecule has 8 heteroatoms. The maximum Gasteiger partial charge on any atom is 0.264 e. The molecule has 2 aromatic rings. The van der Waals surface area contributed by atoms with Gasteiger partial charge in [0.05, 0.1) is 39.9 Å². The molecule has 6 nitrogen and oxygen atoms in total. The first kappa shape index (κ1) is 21.2. The van der Waals surface area contributed by atoms with Gasteiger partial charge in [-0.1, -0.05) is 42.6 Å². The topological polar surface area (TPSA) is 66.9 Å². The molecule has 30 heavy (non-hydrogen) atoms. The molecule has 1 amide bonds. The molecule has 2 fully saturated rings. The van der Waals surface area contributed by atoms with Crippen molar-refractivity contribution < 1.29 is 17.9 Å². The number of carbonyl (C=O) groups excluding carboxylic acids is 1. The number of amides is 1. The molecule has 0 aromatic heterocycles. The summed E-state index contributed by atoms with van der Waals surface area (Å²) >= 11 is 6.34. The van der Waals surface area contributed by atoms with Crippen LogP contribution in [-0.2, 0) is 14.8 Å². The van der Waals surface area contributed by atoms with Gasteiger partial charge >= 0.3 is 0 Å². The van der Waals surface area contributed by atoms with Crippen LogP contribution < -0.4 is 4.31 Å². The lowest BCUT2D eigenvalue weighted by atomic mass is 9.89. The minimum absolute atomic E-state index is 0.0170. The van der Waals surface area contributed by atoms with Gasteiger partial charge in [-0.05, 0) is 43.2 Å². The van der Waals surface area contributed by atoms with Crippen molar-refractivity contribution in [3.05, 3.63) is 59.1 Å². The van der Waals surface area contributed by atoms with Gasteiger partial charge in [0.1, 0.15) is 0 Å². The van der Waals surface area contributed by atoms with Crippen molar-refractivity contribution in [1.82, 2.24) is 4.90 Å². The van der Waals surface area contributed by atoms with Crippen molar-refractivity contribution in [2.24, 2.45) is 0 Å². The molecule has 1 saturated heterocycles. The summed E-state index contributed by atoms with van der Waals surface area (Å²) in [4.78, 5) is 15.2. The summed E-state index contributed by atoms with van der Waals surface area (Å²) in [7, 11) is -2.34. The second-order valence-electron chi connectivity index (χ2n) is 7.71. The number of hydrogen-bond donors (Lipinski definition) is 0. The molecule has 2 unspecified atom stereocenters. The van der Waals surface area contributed by atoms with Gasteiger partial charge in [0.25, 0.3) is 15.9 Å². The highest BCUT2D eigenvalue weighted by atomic mass is 35.5. The van der Waals surface area contributed by atoms with E-state index in [2.05, 4.69) is 0 Å². The third-order valence-corrected chi connectivity index (χ3v) is 8.05. The zero-order valence-corrected chi connectivity index (χ0v) is 18.4. The lowest BCUT2D eigenvalue weighted by Gasteiger charge is -2.43. The van der Waals surface area contributed by atoms with E-state index in [0.717, 1.165) is 25.7 Å². The highest BCUT2D eigenvalue weighted by Crippen LogP contribution is 2.32. The van der Waals surface area contributed by atoms with E-state index in [-0.39, 0.29) is 33.5 Å². The molecule has 4 rings (SSSR count). The lowest BCUT2D eigenvalue weighted by molar-refractivity contribution is -0.0752. The fraction of sp³-hybridized carbons (Fsp3) is 0.409. The first-order chi connectivity index (χ1) is 14.4. The molecule has 0 spiro atoms. The number of carbonyl (C=O) groups is 1. The van der Waals surface area contributed by atoms with Gasteiger partial charge < -0.3 is 9.64 Å². The van der Waals surface area contributed by atoms with Crippen molar-refractivity contribution in [3.8, 4) is 0 Å². The van der Waals surface area contributed by atoms with Crippen LogP contribution in [0, 0.1) is 0 Å². The quantitative estimate of drug-likeness (QED) is 0.710. The van der Waals surface area contributed by atoms with Crippen LogP contribution in [0.4, 0.5) is 5.69 Å². The minimum Gasteiger partial charge on any atom is -0.374 e. The van der Waals surface area contributed by atoms with E-state index in [1.54, 1.807) is 24.3 Å². The monoisotopic (exact) mass is 448 g/mol. The van der Waals surface area contributed by atoms with Crippen molar-refractivity contribution in [1.29, 1.82) is 0 Å². The molecule has 0 N–H and O–H groups in total. The summed E-state index contributed by atoms with van der Waals surface area (Å²) in [6, 6.07) is 13.1. The zero-order chi connectivity index (χ0) is 21.3. The second-order valence-corrected chi connectivity index (χ2v) is 10.1. The van der Waals surface area contributed by atoms with E-state index in [0.29, 0.717) is 18.8 Å². The molecule has 0 radical (unpaired) electrons. The van der Waals surface area contributed by atoms with E-state index in [9.17, 15) is 13.2 Å². The molecule has 1 aliphatic carbocycles. The predicted molar refractivity (Wildman–Crippen MR) is 117 cm³/mol. The predicted octanol–water partition coefficient (Wildman–Crippen LogP) is 3.95. The second kappa shape index (κ2) is 8.57. The Morgan fingerprint density at radius 3 is 2.63 bits per heavy atom. The van der Waals surface area contributed by atoms with Crippen molar-refractivity contribution >= 4 is 33.2 Å². The van der Waals surface area contributed by atoms with E-state index in [1.165, 1.54) is 29.6 Å². The van der Waals surface area contributed by atoms with Gasteiger partial charge in [0.2, 0.25) is 0 Å². The maximum absolute atomic E-state index is 13.4. The molecule has 1 saturated carbocycles. The average Bonchev–Trinajstić information content (AvgIpc) is 2.78. The number of hydrogen-bond acceptors (Lipinski definition) is 4. The summed E-state index contributed by atoms with van der Waals surface area (Å²) in [5.41, 5.74) is 0.754. The van der Waals surface area contributed by atoms with Crippen LogP contribution in [0.25, 0.3) is 0 Å². The van der Waals surface area contributed by atoms with Crippen molar-refractivity contribution in [3.63, 3.8) is 0 Å². The third-order valence-electron chi connectivity index (χ3n) is 5.94. The molecule has 2 atom stereocenters. The summed E-state index contributed by atoms with van der Waals surface area (Å²) in [6.07, 6.45) is 4.04. The number of sulfonamides is 1. The van der Waals surface area contributed by atoms with Crippen molar-refractivity contribution in [2.45, 2.75) is 42.7 Å². The van der Waals surface area contributed by atoms with Gasteiger partial charge in [0.15, 0.2) is 0 Å². The Labute approximate surface area is 182 Å². The number of ether oxygens (including phenoxy) is 1. The van der Waals surface area contributed by atoms with Gasteiger partial charge in [0, 0.05) is 13.6 Å². The number of anilines is 1. The number of morpholine rings is 1. The van der Waals surface area contributed by atoms with Crippen LogP contribution in [0.5, 0.6) is 0 Å². The molecule has 2 aromatic carbocycles. The largest absolute Gasteiger partial charge is 0.374 e. The molecular formula is C22H25ClN2O4S. The fourth-order valence-electron chi connectivity index (χ4n) is 4.27. The highest BCUT2D eigenvalue weighted by molar-refractivity contribution is 7.92. The number of benzene rings is 2. The fourth-order valence-corrected chi connectivity index (χ4v) is 5.69. The summed E-state index contributed by atoms with van der Waals surface area (Å²) in [5.74, 6) is -0.236. The number of nitrogens with zero attached hydrogens (tertiary/aromatic N) is 2. The van der Waals surface area contributed by atoms with Crippen LogP contribution in [0.15, 0.2) is 53.4 Å². The molecular weight excluding hydrogens is 424 g/mol. The Balaban J connectivity index is 1.65. The van der Waals surface area contributed by atoms with Crippen LogP contribution in [0.1, 0.15) is 36.0 Å². The summed E-state index contributed by atoms with van der Waals surface area (Å²) < 4.78 is 33.4.